The van der Waals surface area contributed by atoms with Crippen molar-refractivity contribution < 1.29 is 23.9 Å². The second kappa shape index (κ2) is 10.3. The molecule has 0 fully saturated rings. The number of amides is 2. The predicted octanol–water partition coefficient (Wildman–Crippen LogP) is 2.35. The number of benzene rings is 2. The number of carbonyl (C=O) groups is 2. The van der Waals surface area contributed by atoms with Crippen molar-refractivity contribution >= 4 is 17.5 Å². The molecule has 0 radical (unpaired) electrons. The van der Waals surface area contributed by atoms with E-state index in [1.165, 1.54) is 0 Å². The molecule has 2 amide bonds. The summed E-state index contributed by atoms with van der Waals surface area (Å²) in [7, 11) is 0. The molecule has 9 nitrogen and oxygen atoms in total. The Morgan fingerprint density at radius 1 is 1.00 bits per heavy atom. The fraction of sp³-hybridized carbons (Fsp3) is 0.231. The van der Waals surface area contributed by atoms with Crippen molar-refractivity contribution in [2.45, 2.75) is 31.5 Å². The van der Waals surface area contributed by atoms with E-state index in [9.17, 15) is 9.59 Å². The minimum atomic E-state index is -0.836. The zero-order valence-corrected chi connectivity index (χ0v) is 18.8. The molecule has 3 aromatic rings. The molecule has 0 saturated carbocycles. The van der Waals surface area contributed by atoms with Gasteiger partial charge in [0.2, 0.25) is 18.8 Å². The number of rotatable bonds is 8. The highest BCUT2D eigenvalue weighted by atomic mass is 16.7. The molecule has 2 N–H and O–H groups in total. The van der Waals surface area contributed by atoms with Crippen LogP contribution in [0.2, 0.25) is 0 Å². The van der Waals surface area contributed by atoms with Crippen molar-refractivity contribution in [3.05, 3.63) is 89.7 Å². The molecule has 2 aliphatic rings. The van der Waals surface area contributed by atoms with Crippen molar-refractivity contribution in [2.75, 3.05) is 6.79 Å². The van der Waals surface area contributed by atoms with E-state index in [4.69, 9.17) is 14.3 Å². The molecule has 2 aromatic carbocycles. The van der Waals surface area contributed by atoms with Gasteiger partial charge in [-0.3, -0.25) is 14.6 Å². The largest absolute Gasteiger partial charge is 0.454 e. The molecule has 9 heteroatoms. The Balaban J connectivity index is 1.23. The average Bonchev–Trinajstić information content (AvgIpc) is 3.58. The fourth-order valence-corrected chi connectivity index (χ4v) is 3.89. The van der Waals surface area contributed by atoms with E-state index in [1.54, 1.807) is 12.3 Å². The van der Waals surface area contributed by atoms with Crippen LogP contribution in [-0.2, 0) is 27.4 Å². The highest BCUT2D eigenvalue weighted by Crippen LogP contribution is 2.33. The minimum Gasteiger partial charge on any atom is -0.454 e. The van der Waals surface area contributed by atoms with Gasteiger partial charge < -0.3 is 24.9 Å². The van der Waals surface area contributed by atoms with Crippen LogP contribution in [0, 0.1) is 0 Å². The van der Waals surface area contributed by atoms with Crippen LogP contribution in [0.4, 0.5) is 0 Å². The first-order chi connectivity index (χ1) is 17.2. The van der Waals surface area contributed by atoms with Gasteiger partial charge in [0.15, 0.2) is 11.5 Å². The van der Waals surface area contributed by atoms with Gasteiger partial charge in [0.25, 0.3) is 5.91 Å². The Hall–Kier alpha value is -4.40. The number of aromatic nitrogens is 1. The summed E-state index contributed by atoms with van der Waals surface area (Å²) < 4.78 is 10.8. The number of oxime groups is 1. The van der Waals surface area contributed by atoms with Gasteiger partial charge in [-0.15, -0.1) is 0 Å². The second-order valence-corrected chi connectivity index (χ2v) is 8.19. The third kappa shape index (κ3) is 5.40. The lowest BCUT2D eigenvalue weighted by Crippen LogP contribution is -2.50. The third-order valence-electron chi connectivity index (χ3n) is 5.75. The molecule has 1 aromatic heterocycles. The average molecular weight is 473 g/mol. The van der Waals surface area contributed by atoms with E-state index in [2.05, 4.69) is 20.8 Å². The number of hydrogen-bond donors (Lipinski definition) is 2. The van der Waals surface area contributed by atoms with E-state index in [-0.39, 0.29) is 25.7 Å². The molecule has 0 bridgehead atoms. The number of fused-ring (bicyclic) bond motifs is 1. The molecule has 2 atom stereocenters. The van der Waals surface area contributed by atoms with Crippen LogP contribution in [0.25, 0.3) is 0 Å². The molecule has 0 saturated heterocycles. The van der Waals surface area contributed by atoms with Crippen molar-refractivity contribution in [3.63, 3.8) is 0 Å². The van der Waals surface area contributed by atoms with Gasteiger partial charge in [-0.05, 0) is 35.9 Å². The van der Waals surface area contributed by atoms with Crippen molar-refractivity contribution in [1.29, 1.82) is 0 Å². The summed E-state index contributed by atoms with van der Waals surface area (Å²) in [5.41, 5.74) is 3.07. The molecule has 0 spiro atoms. The number of nitrogens with one attached hydrogen (secondary N) is 2. The van der Waals surface area contributed by atoms with Crippen molar-refractivity contribution in [3.8, 4) is 11.5 Å². The number of hydrogen-bond acceptors (Lipinski definition) is 7. The Labute approximate surface area is 202 Å². The Kier molecular flexibility index (Phi) is 6.56. The topological polar surface area (TPSA) is 111 Å². The van der Waals surface area contributed by atoms with Gasteiger partial charge in [0.1, 0.15) is 6.04 Å². The number of nitrogens with zero attached hydrogens (tertiary/aromatic N) is 2. The van der Waals surface area contributed by atoms with E-state index >= 15 is 0 Å². The highest BCUT2D eigenvalue weighted by molar-refractivity contribution is 6.04. The van der Waals surface area contributed by atoms with Gasteiger partial charge in [-0.1, -0.05) is 41.6 Å². The molecule has 5 rings (SSSR count). The van der Waals surface area contributed by atoms with Gasteiger partial charge in [-0.25, -0.2) is 0 Å². The van der Waals surface area contributed by atoms with Crippen LogP contribution in [0.1, 0.15) is 23.2 Å². The first-order valence-electron chi connectivity index (χ1n) is 11.3. The predicted molar refractivity (Wildman–Crippen MR) is 127 cm³/mol. The quantitative estimate of drug-likeness (QED) is 0.521. The van der Waals surface area contributed by atoms with Crippen molar-refractivity contribution in [1.82, 2.24) is 15.6 Å². The normalized spacial score (nSPS) is 16.7. The molecule has 3 heterocycles. The zero-order chi connectivity index (χ0) is 24.0. The fourth-order valence-electron chi connectivity index (χ4n) is 3.89. The smallest absolute Gasteiger partial charge is 0.265 e. The third-order valence-corrected chi connectivity index (χ3v) is 5.75. The summed E-state index contributed by atoms with van der Waals surface area (Å²) in [6.07, 6.45) is 1.44. The maximum Gasteiger partial charge on any atom is 0.265 e. The van der Waals surface area contributed by atoms with Crippen LogP contribution in [0.5, 0.6) is 11.5 Å². The van der Waals surface area contributed by atoms with Crippen LogP contribution in [0.15, 0.2) is 78.1 Å². The molecule has 2 aliphatic heterocycles. The van der Waals surface area contributed by atoms with E-state index in [0.717, 1.165) is 16.8 Å². The van der Waals surface area contributed by atoms with Crippen LogP contribution in [0.3, 0.4) is 0 Å². The first kappa shape index (κ1) is 22.4. The van der Waals surface area contributed by atoms with Gasteiger partial charge in [0, 0.05) is 24.6 Å². The minimum absolute atomic E-state index is 0.179. The lowest BCUT2D eigenvalue weighted by molar-refractivity contribution is -0.135. The molecular weight excluding hydrogens is 448 g/mol. The summed E-state index contributed by atoms with van der Waals surface area (Å²) in [4.78, 5) is 35.7. The SMILES string of the molecule is O=C(NCc1ccccn1)C(Cc1ccccc1)NC(=O)C1CC(c2ccc3c(c2)OCO3)=NO1. The summed E-state index contributed by atoms with van der Waals surface area (Å²) >= 11 is 0. The Morgan fingerprint density at radius 3 is 2.66 bits per heavy atom. The lowest BCUT2D eigenvalue weighted by atomic mass is 10.0. The van der Waals surface area contributed by atoms with Crippen LogP contribution < -0.4 is 20.1 Å². The molecule has 178 valence electrons. The number of carbonyl (C=O) groups excluding carboxylic acids is 2. The highest BCUT2D eigenvalue weighted by Gasteiger charge is 2.32. The molecule has 35 heavy (non-hydrogen) atoms. The van der Waals surface area contributed by atoms with Gasteiger partial charge in [-0.2, -0.15) is 0 Å². The molecule has 2 unspecified atom stereocenters. The number of ether oxygens (including phenoxy) is 2. The maximum absolute atomic E-state index is 13.0. The number of pyridine rings is 1. The van der Waals surface area contributed by atoms with Crippen LogP contribution >= 0.6 is 0 Å². The van der Waals surface area contributed by atoms with Gasteiger partial charge >= 0.3 is 0 Å². The van der Waals surface area contributed by atoms with Gasteiger partial charge in [0.05, 0.1) is 18.0 Å². The monoisotopic (exact) mass is 472 g/mol. The van der Waals surface area contributed by atoms with E-state index in [0.29, 0.717) is 23.6 Å². The Bertz CT molecular complexity index is 1230. The standard InChI is InChI=1S/C26H24N4O5/c31-25(28-15-19-8-4-5-11-27-19)21(12-17-6-2-1-3-7-17)29-26(32)24-14-20(30-35-24)18-9-10-22-23(13-18)34-16-33-22/h1-11,13,21,24H,12,14-16H2,(H,28,31)(H,29,32). The van der Waals surface area contributed by atoms with Crippen LogP contribution in [-0.4, -0.2) is 41.4 Å². The van der Waals surface area contributed by atoms with E-state index in [1.807, 2.05) is 60.7 Å². The summed E-state index contributed by atoms with van der Waals surface area (Å²) in [6, 6.07) is 19.7. The maximum atomic E-state index is 13.0. The Morgan fingerprint density at radius 2 is 1.83 bits per heavy atom. The van der Waals surface area contributed by atoms with Crippen molar-refractivity contribution in [2.24, 2.45) is 5.16 Å². The van der Waals surface area contributed by atoms with E-state index < -0.39 is 18.1 Å². The molecule has 0 aliphatic carbocycles. The summed E-state index contributed by atoms with van der Waals surface area (Å²) in [6.45, 7) is 0.441. The summed E-state index contributed by atoms with van der Waals surface area (Å²) in [5.74, 6) is 0.592. The zero-order valence-electron chi connectivity index (χ0n) is 18.8. The first-order valence-corrected chi connectivity index (χ1v) is 11.3. The lowest BCUT2D eigenvalue weighted by Gasteiger charge is -2.20. The second-order valence-electron chi connectivity index (χ2n) is 8.19. The molecular formula is C26H24N4O5. The summed E-state index contributed by atoms with van der Waals surface area (Å²) in [5, 5.41) is 9.80.